The van der Waals surface area contributed by atoms with Gasteiger partial charge in [0.25, 0.3) is 0 Å². The number of piperidine rings is 2. The standard InChI is InChI=1S/C16H16N2O4/c19-13-3-4-14(20)22-18-15(12-2-1-9-17-10-12)11-5-7-16(18,21-13)8-6-11/h1-4,9-11,15H,5-8H2/b4-3+. The van der Waals surface area contributed by atoms with Crippen molar-refractivity contribution in [3.63, 3.8) is 0 Å². The minimum atomic E-state index is -0.854. The van der Waals surface area contributed by atoms with E-state index in [0.29, 0.717) is 18.8 Å². The number of hydrogen-bond acceptors (Lipinski definition) is 6. The van der Waals surface area contributed by atoms with Crippen molar-refractivity contribution in [2.24, 2.45) is 5.92 Å². The summed E-state index contributed by atoms with van der Waals surface area (Å²) in [6.45, 7) is 0. The SMILES string of the molecule is O=C1/C=C/C(=O)OC23CCC(CC2)C(c2cccnc2)N3O1. The van der Waals surface area contributed by atoms with Gasteiger partial charge in [0, 0.05) is 37.4 Å². The van der Waals surface area contributed by atoms with Crippen LogP contribution in [-0.2, 0) is 19.2 Å². The number of esters is 1. The highest BCUT2D eigenvalue weighted by atomic mass is 16.8. The van der Waals surface area contributed by atoms with Gasteiger partial charge >= 0.3 is 11.9 Å². The van der Waals surface area contributed by atoms with Gasteiger partial charge in [-0.05, 0) is 30.4 Å². The van der Waals surface area contributed by atoms with Gasteiger partial charge < -0.3 is 9.57 Å². The Labute approximate surface area is 127 Å². The molecule has 4 heterocycles. The lowest BCUT2D eigenvalue weighted by atomic mass is 9.72. The summed E-state index contributed by atoms with van der Waals surface area (Å²) < 4.78 is 5.67. The smallest absolute Gasteiger partial charge is 0.350 e. The number of rotatable bonds is 1. The highest BCUT2D eigenvalue weighted by Crippen LogP contribution is 2.53. The third-order valence-corrected chi connectivity index (χ3v) is 4.77. The molecule has 22 heavy (non-hydrogen) atoms. The number of carbonyl (C=O) groups is 2. The van der Waals surface area contributed by atoms with E-state index in [-0.39, 0.29) is 6.04 Å². The maximum Gasteiger partial charge on any atom is 0.350 e. The number of aromatic nitrogens is 1. The molecule has 1 aromatic heterocycles. The van der Waals surface area contributed by atoms with E-state index in [9.17, 15) is 9.59 Å². The van der Waals surface area contributed by atoms with Crippen molar-refractivity contribution >= 4 is 11.9 Å². The van der Waals surface area contributed by atoms with Crippen LogP contribution in [0.25, 0.3) is 0 Å². The minimum absolute atomic E-state index is 0.126. The summed E-state index contributed by atoms with van der Waals surface area (Å²) >= 11 is 0. The molecule has 1 saturated carbocycles. The van der Waals surface area contributed by atoms with Crippen LogP contribution in [0.1, 0.15) is 37.3 Å². The van der Waals surface area contributed by atoms with Crippen LogP contribution in [0.3, 0.4) is 0 Å². The first-order valence-electron chi connectivity index (χ1n) is 7.50. The van der Waals surface area contributed by atoms with Gasteiger partial charge in [-0.25, -0.2) is 9.59 Å². The van der Waals surface area contributed by atoms with Gasteiger partial charge in [-0.3, -0.25) is 4.98 Å². The van der Waals surface area contributed by atoms with Crippen molar-refractivity contribution in [1.82, 2.24) is 10.0 Å². The summed E-state index contributed by atoms with van der Waals surface area (Å²) in [6.07, 6.45) is 8.97. The van der Waals surface area contributed by atoms with E-state index < -0.39 is 17.7 Å². The largest absolute Gasteiger partial charge is 0.437 e. The number of pyridine rings is 1. The Balaban J connectivity index is 1.79. The molecule has 2 bridgehead atoms. The second-order valence-corrected chi connectivity index (χ2v) is 6.01. The Bertz CT molecular complexity index is 635. The lowest BCUT2D eigenvalue weighted by molar-refractivity contribution is -0.342. The van der Waals surface area contributed by atoms with Crippen LogP contribution in [0.2, 0.25) is 0 Å². The van der Waals surface area contributed by atoms with Crippen molar-refractivity contribution in [1.29, 1.82) is 0 Å². The molecule has 1 spiro atoms. The number of nitrogens with zero attached hydrogens (tertiary/aromatic N) is 2. The van der Waals surface area contributed by atoms with E-state index in [1.807, 2.05) is 12.1 Å². The summed E-state index contributed by atoms with van der Waals surface area (Å²) in [7, 11) is 0. The second kappa shape index (κ2) is 4.91. The summed E-state index contributed by atoms with van der Waals surface area (Å²) in [6, 6.07) is 3.71. The molecule has 0 amide bonds. The van der Waals surface area contributed by atoms with Crippen molar-refractivity contribution in [3.8, 4) is 0 Å². The highest BCUT2D eigenvalue weighted by molar-refractivity contribution is 5.92. The van der Waals surface area contributed by atoms with Gasteiger partial charge in [0.2, 0.25) is 0 Å². The molecule has 0 N–H and O–H groups in total. The Hall–Kier alpha value is -2.21. The van der Waals surface area contributed by atoms with Crippen LogP contribution in [0.15, 0.2) is 36.7 Å². The Kier molecular flexibility index (Phi) is 3.00. The maximum atomic E-state index is 11.9. The molecule has 3 fully saturated rings. The monoisotopic (exact) mass is 300 g/mol. The van der Waals surface area contributed by atoms with Crippen LogP contribution in [-0.4, -0.2) is 27.7 Å². The topological polar surface area (TPSA) is 68.7 Å². The fourth-order valence-corrected chi connectivity index (χ4v) is 3.80. The highest BCUT2D eigenvalue weighted by Gasteiger charge is 2.57. The quantitative estimate of drug-likeness (QED) is 0.738. The minimum Gasteiger partial charge on any atom is -0.437 e. The van der Waals surface area contributed by atoms with E-state index in [4.69, 9.17) is 9.57 Å². The molecule has 5 rings (SSSR count). The normalized spacial score (nSPS) is 35.8. The van der Waals surface area contributed by atoms with Gasteiger partial charge in [-0.1, -0.05) is 11.1 Å². The molecule has 3 aliphatic heterocycles. The van der Waals surface area contributed by atoms with Gasteiger partial charge in [0.1, 0.15) is 0 Å². The van der Waals surface area contributed by atoms with Crippen molar-refractivity contribution in [2.75, 3.05) is 0 Å². The molecule has 1 atom stereocenters. The zero-order valence-corrected chi connectivity index (χ0v) is 12.0. The molecular formula is C16H16N2O4. The number of hydrogen-bond donors (Lipinski definition) is 0. The Morgan fingerprint density at radius 3 is 2.68 bits per heavy atom. The van der Waals surface area contributed by atoms with Gasteiger partial charge in [-0.15, -0.1) is 0 Å². The average molecular weight is 300 g/mol. The van der Waals surface area contributed by atoms with Gasteiger partial charge in [0.15, 0.2) is 5.72 Å². The third kappa shape index (κ3) is 2.02. The number of carbonyl (C=O) groups excluding carboxylic acids is 2. The van der Waals surface area contributed by atoms with Crippen LogP contribution in [0.5, 0.6) is 0 Å². The molecule has 1 aliphatic carbocycles. The van der Waals surface area contributed by atoms with Crippen molar-refractivity contribution in [2.45, 2.75) is 37.5 Å². The molecule has 4 aliphatic rings. The summed E-state index contributed by atoms with van der Waals surface area (Å²) in [5.74, 6) is -0.676. The Morgan fingerprint density at radius 2 is 1.95 bits per heavy atom. The summed E-state index contributed by atoms with van der Waals surface area (Å²) in [5, 5.41) is 1.60. The average Bonchev–Trinajstić information content (AvgIpc) is 2.54. The van der Waals surface area contributed by atoms with Crippen LogP contribution < -0.4 is 0 Å². The lowest BCUT2D eigenvalue weighted by Gasteiger charge is -2.55. The van der Waals surface area contributed by atoms with Crippen LogP contribution >= 0.6 is 0 Å². The van der Waals surface area contributed by atoms with E-state index in [1.54, 1.807) is 17.5 Å². The molecule has 0 aromatic carbocycles. The number of fused-ring (bicyclic) bond motifs is 2. The molecule has 2 saturated heterocycles. The molecule has 1 aromatic rings. The van der Waals surface area contributed by atoms with E-state index in [2.05, 4.69) is 4.98 Å². The molecule has 6 nitrogen and oxygen atoms in total. The lowest BCUT2D eigenvalue weighted by Crippen LogP contribution is -2.62. The van der Waals surface area contributed by atoms with E-state index >= 15 is 0 Å². The van der Waals surface area contributed by atoms with Crippen molar-refractivity contribution < 1.29 is 19.2 Å². The summed E-state index contributed by atoms with van der Waals surface area (Å²) in [4.78, 5) is 33.5. The first kappa shape index (κ1) is 13.5. The third-order valence-electron chi connectivity index (χ3n) is 4.77. The molecule has 1 unspecified atom stereocenters. The molecule has 6 heteroatoms. The first-order chi connectivity index (χ1) is 10.7. The summed E-state index contributed by atoms with van der Waals surface area (Å²) in [5.41, 5.74) is 0.122. The van der Waals surface area contributed by atoms with Crippen LogP contribution in [0, 0.1) is 5.92 Å². The fourth-order valence-electron chi connectivity index (χ4n) is 3.80. The first-order valence-corrected chi connectivity index (χ1v) is 7.50. The molecular weight excluding hydrogens is 284 g/mol. The Morgan fingerprint density at radius 1 is 1.18 bits per heavy atom. The molecule has 114 valence electrons. The predicted octanol–water partition coefficient (Wildman–Crippen LogP) is 1.90. The maximum absolute atomic E-state index is 11.9. The zero-order valence-electron chi connectivity index (χ0n) is 12.0. The van der Waals surface area contributed by atoms with Crippen molar-refractivity contribution in [3.05, 3.63) is 42.2 Å². The van der Waals surface area contributed by atoms with Gasteiger partial charge in [0.05, 0.1) is 6.04 Å². The zero-order chi connectivity index (χ0) is 15.2. The second-order valence-electron chi connectivity index (χ2n) is 6.01. The fraction of sp³-hybridized carbons (Fsp3) is 0.438. The van der Waals surface area contributed by atoms with Gasteiger partial charge in [-0.2, -0.15) is 0 Å². The van der Waals surface area contributed by atoms with E-state index in [0.717, 1.165) is 30.6 Å². The number of hydroxylamine groups is 2. The van der Waals surface area contributed by atoms with E-state index in [1.165, 1.54) is 0 Å². The predicted molar refractivity (Wildman–Crippen MR) is 74.8 cm³/mol. The molecule has 0 radical (unpaired) electrons. The number of ether oxygens (including phenoxy) is 1. The van der Waals surface area contributed by atoms with Crippen LogP contribution in [0.4, 0.5) is 0 Å².